The van der Waals surface area contributed by atoms with Gasteiger partial charge in [0, 0.05) is 25.0 Å². The molecule has 1 N–H and O–H groups in total. The van der Waals surface area contributed by atoms with Crippen LogP contribution in [0.5, 0.6) is 0 Å². The first kappa shape index (κ1) is 14.4. The van der Waals surface area contributed by atoms with Crippen LogP contribution in [0.4, 0.5) is 16.6 Å². The standard InChI is InChI=1S/C17H19N5S/c1-2-12-7-8-13-16(19-12)23-17(20-13)21-15-14(6-5-9-18-15)22-10-3-4-11-22/h5-9H,2-4,10-11H2,1H3,(H,18,20,21). The second kappa shape index (κ2) is 6.12. The van der Waals surface area contributed by atoms with Crippen LogP contribution in [0.25, 0.3) is 10.3 Å². The molecule has 118 valence electrons. The second-order valence-electron chi connectivity index (χ2n) is 5.69. The molecule has 0 radical (unpaired) electrons. The summed E-state index contributed by atoms with van der Waals surface area (Å²) < 4.78 is 0. The van der Waals surface area contributed by atoms with Gasteiger partial charge in [-0.15, -0.1) is 0 Å². The lowest BCUT2D eigenvalue weighted by Gasteiger charge is -2.20. The predicted octanol–water partition coefficient (Wildman–Crippen LogP) is 3.99. The molecule has 1 aliphatic heterocycles. The van der Waals surface area contributed by atoms with E-state index in [1.807, 2.05) is 24.4 Å². The zero-order valence-corrected chi connectivity index (χ0v) is 13.9. The first-order valence-corrected chi connectivity index (χ1v) is 8.88. The summed E-state index contributed by atoms with van der Waals surface area (Å²) >= 11 is 1.58. The van der Waals surface area contributed by atoms with Crippen molar-refractivity contribution in [3.8, 4) is 0 Å². The highest BCUT2D eigenvalue weighted by Crippen LogP contribution is 2.32. The van der Waals surface area contributed by atoms with Crippen LogP contribution in [-0.4, -0.2) is 28.0 Å². The Morgan fingerprint density at radius 3 is 2.87 bits per heavy atom. The lowest BCUT2D eigenvalue weighted by atomic mass is 10.3. The SMILES string of the molecule is CCc1ccc2nc(Nc3ncccc3N3CCCC3)sc2n1. The van der Waals surface area contributed by atoms with Crippen molar-refractivity contribution in [2.45, 2.75) is 26.2 Å². The zero-order chi connectivity index (χ0) is 15.6. The topological polar surface area (TPSA) is 53.9 Å². The van der Waals surface area contributed by atoms with Gasteiger partial charge in [0.1, 0.15) is 10.3 Å². The number of fused-ring (bicyclic) bond motifs is 1. The van der Waals surface area contributed by atoms with Crippen molar-refractivity contribution in [3.63, 3.8) is 0 Å². The molecule has 23 heavy (non-hydrogen) atoms. The van der Waals surface area contributed by atoms with E-state index in [4.69, 9.17) is 0 Å². The molecule has 0 atom stereocenters. The molecule has 0 saturated carbocycles. The fraction of sp³-hybridized carbons (Fsp3) is 0.353. The summed E-state index contributed by atoms with van der Waals surface area (Å²) in [6.07, 6.45) is 5.26. The Kier molecular flexibility index (Phi) is 3.83. The van der Waals surface area contributed by atoms with Gasteiger partial charge in [-0.05, 0) is 43.5 Å². The van der Waals surface area contributed by atoms with Crippen LogP contribution in [-0.2, 0) is 6.42 Å². The predicted molar refractivity (Wildman–Crippen MR) is 95.8 cm³/mol. The van der Waals surface area contributed by atoms with Gasteiger partial charge >= 0.3 is 0 Å². The molecule has 1 aliphatic rings. The highest BCUT2D eigenvalue weighted by Gasteiger charge is 2.17. The third-order valence-corrected chi connectivity index (χ3v) is 5.01. The first-order valence-electron chi connectivity index (χ1n) is 8.07. The van der Waals surface area contributed by atoms with E-state index < -0.39 is 0 Å². The Hall–Kier alpha value is -2.21. The Morgan fingerprint density at radius 2 is 2.04 bits per heavy atom. The summed E-state index contributed by atoms with van der Waals surface area (Å²) in [7, 11) is 0. The Bertz CT molecular complexity index is 823. The number of thiazole rings is 1. The van der Waals surface area contributed by atoms with E-state index in [1.165, 1.54) is 12.8 Å². The van der Waals surface area contributed by atoms with Crippen LogP contribution < -0.4 is 10.2 Å². The van der Waals surface area contributed by atoms with Crippen LogP contribution in [0.1, 0.15) is 25.5 Å². The number of nitrogens with one attached hydrogen (secondary N) is 1. The molecule has 5 nitrogen and oxygen atoms in total. The molecule has 6 heteroatoms. The van der Waals surface area contributed by atoms with Crippen molar-refractivity contribution in [1.29, 1.82) is 0 Å². The number of hydrogen-bond acceptors (Lipinski definition) is 6. The number of rotatable bonds is 4. The molecular formula is C17H19N5S. The van der Waals surface area contributed by atoms with Gasteiger partial charge in [0.2, 0.25) is 0 Å². The minimum Gasteiger partial charge on any atom is -0.369 e. The molecule has 0 bridgehead atoms. The average molecular weight is 325 g/mol. The van der Waals surface area contributed by atoms with Crippen LogP contribution in [0, 0.1) is 0 Å². The molecule has 4 heterocycles. The van der Waals surface area contributed by atoms with Crippen LogP contribution >= 0.6 is 11.3 Å². The van der Waals surface area contributed by atoms with Gasteiger partial charge in [-0.3, -0.25) is 0 Å². The molecule has 0 aliphatic carbocycles. The van der Waals surface area contributed by atoms with Crippen molar-refractivity contribution in [2.75, 3.05) is 23.3 Å². The molecular weight excluding hydrogens is 306 g/mol. The van der Waals surface area contributed by atoms with Crippen molar-refractivity contribution < 1.29 is 0 Å². The quantitative estimate of drug-likeness (QED) is 0.786. The fourth-order valence-corrected chi connectivity index (χ4v) is 3.77. The van der Waals surface area contributed by atoms with E-state index >= 15 is 0 Å². The third-order valence-electron chi connectivity index (χ3n) is 4.13. The van der Waals surface area contributed by atoms with Gasteiger partial charge in [0.15, 0.2) is 10.9 Å². The van der Waals surface area contributed by atoms with Crippen molar-refractivity contribution in [1.82, 2.24) is 15.0 Å². The fourth-order valence-electron chi connectivity index (χ4n) is 2.91. The summed E-state index contributed by atoms with van der Waals surface area (Å²) in [5.74, 6) is 0.879. The van der Waals surface area contributed by atoms with Gasteiger partial charge in [0.05, 0.1) is 5.69 Å². The summed E-state index contributed by atoms with van der Waals surface area (Å²) in [4.78, 5) is 17.2. The number of nitrogens with zero attached hydrogens (tertiary/aromatic N) is 4. The van der Waals surface area contributed by atoms with E-state index in [2.05, 4.69) is 38.2 Å². The van der Waals surface area contributed by atoms with Crippen LogP contribution in [0.3, 0.4) is 0 Å². The number of aryl methyl sites for hydroxylation is 1. The minimum absolute atomic E-state index is 0.847. The Balaban J connectivity index is 1.65. The third kappa shape index (κ3) is 2.86. The second-order valence-corrected chi connectivity index (χ2v) is 6.67. The van der Waals surface area contributed by atoms with Gasteiger partial charge in [-0.1, -0.05) is 18.3 Å². The summed E-state index contributed by atoms with van der Waals surface area (Å²) in [6, 6.07) is 8.21. The zero-order valence-electron chi connectivity index (χ0n) is 13.1. The highest BCUT2D eigenvalue weighted by atomic mass is 32.1. The Morgan fingerprint density at radius 1 is 1.17 bits per heavy atom. The molecule has 4 rings (SSSR count). The maximum Gasteiger partial charge on any atom is 0.191 e. The number of pyridine rings is 2. The lowest BCUT2D eigenvalue weighted by Crippen LogP contribution is -2.19. The molecule has 1 fully saturated rings. The van der Waals surface area contributed by atoms with Crippen LogP contribution in [0.2, 0.25) is 0 Å². The molecule has 0 unspecified atom stereocenters. The van der Waals surface area contributed by atoms with Crippen molar-refractivity contribution in [2.24, 2.45) is 0 Å². The smallest absolute Gasteiger partial charge is 0.191 e. The monoisotopic (exact) mass is 325 g/mol. The maximum atomic E-state index is 4.64. The minimum atomic E-state index is 0.847. The van der Waals surface area contributed by atoms with E-state index in [9.17, 15) is 0 Å². The summed E-state index contributed by atoms with van der Waals surface area (Å²) in [5, 5.41) is 4.24. The van der Waals surface area contributed by atoms with Crippen molar-refractivity contribution in [3.05, 3.63) is 36.2 Å². The molecule has 1 saturated heterocycles. The first-order chi connectivity index (χ1) is 11.3. The number of anilines is 3. The normalized spacial score (nSPS) is 14.6. The van der Waals surface area contributed by atoms with Crippen molar-refractivity contribution >= 4 is 38.3 Å². The molecule has 0 aromatic carbocycles. The van der Waals surface area contributed by atoms with E-state index in [0.717, 1.165) is 52.2 Å². The molecule has 3 aromatic rings. The van der Waals surface area contributed by atoms with E-state index in [-0.39, 0.29) is 0 Å². The van der Waals surface area contributed by atoms with Gasteiger partial charge in [-0.2, -0.15) is 0 Å². The number of aromatic nitrogens is 3. The lowest BCUT2D eigenvalue weighted by molar-refractivity contribution is 0.949. The summed E-state index contributed by atoms with van der Waals surface area (Å²) in [6.45, 7) is 4.31. The maximum absolute atomic E-state index is 4.64. The average Bonchev–Trinajstić information content (AvgIpc) is 3.23. The number of hydrogen-bond donors (Lipinski definition) is 1. The summed E-state index contributed by atoms with van der Waals surface area (Å²) in [5.41, 5.74) is 3.20. The highest BCUT2D eigenvalue weighted by molar-refractivity contribution is 7.21. The molecule has 0 amide bonds. The van der Waals surface area contributed by atoms with Gasteiger partial charge in [0.25, 0.3) is 0 Å². The Labute approximate surface area is 139 Å². The van der Waals surface area contributed by atoms with Crippen LogP contribution in [0.15, 0.2) is 30.5 Å². The largest absolute Gasteiger partial charge is 0.369 e. The molecule has 0 spiro atoms. The van der Waals surface area contributed by atoms with E-state index in [1.54, 1.807) is 11.3 Å². The van der Waals surface area contributed by atoms with E-state index in [0.29, 0.717) is 0 Å². The molecule has 3 aromatic heterocycles. The van der Waals surface area contributed by atoms with Gasteiger partial charge < -0.3 is 10.2 Å². The van der Waals surface area contributed by atoms with Gasteiger partial charge in [-0.25, -0.2) is 15.0 Å².